The fourth-order valence-corrected chi connectivity index (χ4v) is 4.16. The van der Waals surface area contributed by atoms with Gasteiger partial charge in [-0.15, -0.1) is 0 Å². The fourth-order valence-electron chi connectivity index (χ4n) is 4.16. The van der Waals surface area contributed by atoms with Crippen LogP contribution in [0.3, 0.4) is 0 Å². The zero-order valence-corrected chi connectivity index (χ0v) is 13.3. The first kappa shape index (κ1) is 15.3. The van der Waals surface area contributed by atoms with Crippen LogP contribution >= 0.6 is 0 Å². The molecule has 0 aromatic heterocycles. The molecule has 2 fully saturated rings. The summed E-state index contributed by atoms with van der Waals surface area (Å²) in [7, 11) is 0. The Kier molecular flexibility index (Phi) is 4.39. The van der Waals surface area contributed by atoms with E-state index < -0.39 is 0 Å². The summed E-state index contributed by atoms with van der Waals surface area (Å²) < 4.78 is 5.89. The lowest BCUT2D eigenvalue weighted by Crippen LogP contribution is -2.63. The second kappa shape index (κ2) is 6.29. The van der Waals surface area contributed by atoms with Gasteiger partial charge in [0.05, 0.1) is 12.5 Å². The van der Waals surface area contributed by atoms with Crippen LogP contribution in [0.1, 0.15) is 44.6 Å². The van der Waals surface area contributed by atoms with Crippen molar-refractivity contribution in [1.29, 1.82) is 0 Å². The number of nitrogens with one attached hydrogen (secondary N) is 1. The predicted molar refractivity (Wildman–Crippen MR) is 87.4 cm³/mol. The summed E-state index contributed by atoms with van der Waals surface area (Å²) in [6.07, 6.45) is 6.60. The highest BCUT2D eigenvalue weighted by molar-refractivity contribution is 5.79. The van der Waals surface area contributed by atoms with Crippen molar-refractivity contribution in [3.05, 3.63) is 29.8 Å². The standard InChI is InChI=1S/C18H26N2O2/c1-2-22-16-12-15(18(16)9-3-4-10-18)20-17(21)11-13-5-7-14(19)8-6-13/h5-8,15-16H,2-4,9-12,19H2,1H3,(H,20,21). The Morgan fingerprint density at radius 2 is 2.00 bits per heavy atom. The van der Waals surface area contributed by atoms with E-state index in [2.05, 4.69) is 12.2 Å². The number of ether oxygens (including phenoxy) is 1. The van der Waals surface area contributed by atoms with Gasteiger partial charge in [-0.25, -0.2) is 0 Å². The molecule has 2 aliphatic rings. The maximum Gasteiger partial charge on any atom is 0.224 e. The van der Waals surface area contributed by atoms with Crippen molar-refractivity contribution in [3.63, 3.8) is 0 Å². The Balaban J connectivity index is 1.58. The average molecular weight is 302 g/mol. The van der Waals surface area contributed by atoms with Gasteiger partial charge < -0.3 is 15.8 Å². The van der Waals surface area contributed by atoms with Gasteiger partial charge >= 0.3 is 0 Å². The average Bonchev–Trinajstić information content (AvgIpc) is 3.01. The van der Waals surface area contributed by atoms with Gasteiger partial charge in [-0.1, -0.05) is 25.0 Å². The zero-order valence-electron chi connectivity index (χ0n) is 13.3. The number of carbonyl (C=O) groups is 1. The van der Waals surface area contributed by atoms with Crippen LogP contribution < -0.4 is 11.1 Å². The van der Waals surface area contributed by atoms with Crippen LogP contribution in [0, 0.1) is 5.41 Å². The molecule has 3 N–H and O–H groups in total. The van der Waals surface area contributed by atoms with E-state index in [9.17, 15) is 4.79 Å². The summed E-state index contributed by atoms with van der Waals surface area (Å²) in [5.41, 5.74) is 7.61. The summed E-state index contributed by atoms with van der Waals surface area (Å²) in [4.78, 5) is 12.3. The largest absolute Gasteiger partial charge is 0.399 e. The molecule has 0 saturated heterocycles. The van der Waals surface area contributed by atoms with Gasteiger partial charge in [-0.3, -0.25) is 4.79 Å². The van der Waals surface area contributed by atoms with Gasteiger partial charge in [0, 0.05) is 23.8 Å². The monoisotopic (exact) mass is 302 g/mol. The summed E-state index contributed by atoms with van der Waals surface area (Å²) >= 11 is 0. The molecule has 1 amide bonds. The van der Waals surface area contributed by atoms with Gasteiger partial charge in [-0.2, -0.15) is 0 Å². The molecule has 2 saturated carbocycles. The molecule has 22 heavy (non-hydrogen) atoms. The van der Waals surface area contributed by atoms with E-state index in [1.165, 1.54) is 25.7 Å². The van der Waals surface area contributed by atoms with Crippen molar-refractivity contribution >= 4 is 11.6 Å². The van der Waals surface area contributed by atoms with Crippen LogP contribution in [0.2, 0.25) is 0 Å². The lowest BCUT2D eigenvalue weighted by atomic mass is 9.60. The number of benzene rings is 1. The minimum atomic E-state index is 0.107. The first-order chi connectivity index (χ1) is 10.6. The Labute approximate surface area is 132 Å². The van der Waals surface area contributed by atoms with Gasteiger partial charge in [-0.05, 0) is 43.9 Å². The number of anilines is 1. The van der Waals surface area contributed by atoms with E-state index in [0.29, 0.717) is 12.5 Å². The number of nitrogens with two attached hydrogens (primary N) is 1. The van der Waals surface area contributed by atoms with Crippen LogP contribution in [-0.4, -0.2) is 24.7 Å². The molecule has 0 bridgehead atoms. The first-order valence-electron chi connectivity index (χ1n) is 8.39. The third-order valence-corrected chi connectivity index (χ3v) is 5.37. The molecule has 1 aromatic carbocycles. The lowest BCUT2D eigenvalue weighted by Gasteiger charge is -2.54. The Morgan fingerprint density at radius 3 is 2.64 bits per heavy atom. The number of carbonyl (C=O) groups excluding carboxylic acids is 1. The fraction of sp³-hybridized carbons (Fsp3) is 0.611. The molecule has 120 valence electrons. The number of amides is 1. The minimum Gasteiger partial charge on any atom is -0.399 e. The molecular weight excluding hydrogens is 276 g/mol. The highest BCUT2D eigenvalue weighted by atomic mass is 16.5. The number of hydrogen-bond acceptors (Lipinski definition) is 3. The first-order valence-corrected chi connectivity index (χ1v) is 8.39. The Morgan fingerprint density at radius 1 is 1.32 bits per heavy atom. The molecule has 0 aliphatic heterocycles. The smallest absolute Gasteiger partial charge is 0.224 e. The van der Waals surface area contributed by atoms with Crippen LogP contribution in [0.4, 0.5) is 5.69 Å². The second-order valence-electron chi connectivity index (χ2n) is 6.66. The van der Waals surface area contributed by atoms with E-state index in [1.54, 1.807) is 0 Å². The number of nitrogen functional groups attached to an aromatic ring is 1. The molecule has 2 unspecified atom stereocenters. The number of hydrogen-bond donors (Lipinski definition) is 2. The predicted octanol–water partition coefficient (Wildman–Crippen LogP) is 2.67. The van der Waals surface area contributed by atoms with Gasteiger partial charge in [0.1, 0.15) is 0 Å². The van der Waals surface area contributed by atoms with E-state index in [-0.39, 0.29) is 17.4 Å². The molecule has 3 rings (SSSR count). The Hall–Kier alpha value is -1.55. The van der Waals surface area contributed by atoms with E-state index in [4.69, 9.17) is 10.5 Å². The maximum absolute atomic E-state index is 12.3. The summed E-state index contributed by atoms with van der Waals surface area (Å²) in [5, 5.41) is 3.25. The molecule has 0 radical (unpaired) electrons. The molecular formula is C18H26N2O2. The minimum absolute atomic E-state index is 0.107. The molecule has 2 aliphatic carbocycles. The zero-order chi connectivity index (χ0) is 15.6. The topological polar surface area (TPSA) is 64.3 Å². The maximum atomic E-state index is 12.3. The normalized spacial score (nSPS) is 25.9. The van der Waals surface area contributed by atoms with Crippen molar-refractivity contribution in [2.45, 2.75) is 57.6 Å². The molecule has 2 atom stereocenters. The van der Waals surface area contributed by atoms with Crippen LogP contribution in [0.25, 0.3) is 0 Å². The van der Waals surface area contributed by atoms with Crippen LogP contribution in [0.15, 0.2) is 24.3 Å². The van der Waals surface area contributed by atoms with E-state index >= 15 is 0 Å². The SMILES string of the molecule is CCOC1CC(NC(=O)Cc2ccc(N)cc2)C12CCCC2. The van der Waals surface area contributed by atoms with E-state index in [0.717, 1.165) is 24.3 Å². The highest BCUT2D eigenvalue weighted by Gasteiger charge is 2.57. The van der Waals surface area contributed by atoms with Crippen molar-refractivity contribution < 1.29 is 9.53 Å². The van der Waals surface area contributed by atoms with Crippen molar-refractivity contribution in [1.82, 2.24) is 5.32 Å². The molecule has 1 spiro atoms. The third kappa shape index (κ3) is 2.84. The third-order valence-electron chi connectivity index (χ3n) is 5.37. The van der Waals surface area contributed by atoms with Crippen LogP contribution in [-0.2, 0) is 16.0 Å². The van der Waals surface area contributed by atoms with Crippen molar-refractivity contribution in [3.8, 4) is 0 Å². The molecule has 1 aromatic rings. The van der Waals surface area contributed by atoms with Crippen LogP contribution in [0.5, 0.6) is 0 Å². The quantitative estimate of drug-likeness (QED) is 0.822. The summed E-state index contributed by atoms with van der Waals surface area (Å²) in [6, 6.07) is 7.81. The Bertz CT molecular complexity index is 520. The summed E-state index contributed by atoms with van der Waals surface area (Å²) in [5.74, 6) is 0.107. The molecule has 0 heterocycles. The molecule has 4 heteroatoms. The lowest BCUT2D eigenvalue weighted by molar-refractivity contribution is -0.143. The van der Waals surface area contributed by atoms with Crippen molar-refractivity contribution in [2.24, 2.45) is 5.41 Å². The van der Waals surface area contributed by atoms with Gasteiger partial charge in [0.25, 0.3) is 0 Å². The highest BCUT2D eigenvalue weighted by Crippen LogP contribution is 2.54. The van der Waals surface area contributed by atoms with Gasteiger partial charge in [0.15, 0.2) is 0 Å². The summed E-state index contributed by atoms with van der Waals surface area (Å²) in [6.45, 7) is 2.81. The number of rotatable bonds is 5. The second-order valence-corrected chi connectivity index (χ2v) is 6.66. The van der Waals surface area contributed by atoms with E-state index in [1.807, 2.05) is 24.3 Å². The molecule has 4 nitrogen and oxygen atoms in total. The van der Waals surface area contributed by atoms with Gasteiger partial charge in [0.2, 0.25) is 5.91 Å². The van der Waals surface area contributed by atoms with Crippen molar-refractivity contribution in [2.75, 3.05) is 12.3 Å².